The smallest absolute Gasteiger partial charge is 0.317 e. The summed E-state index contributed by atoms with van der Waals surface area (Å²) in [5, 5.41) is 11.5. The van der Waals surface area contributed by atoms with Gasteiger partial charge in [0.1, 0.15) is 0 Å². The van der Waals surface area contributed by atoms with E-state index < -0.39 is 5.97 Å². The second-order valence-corrected chi connectivity index (χ2v) is 5.57. The van der Waals surface area contributed by atoms with Crippen LogP contribution in [0.25, 0.3) is 0 Å². The summed E-state index contributed by atoms with van der Waals surface area (Å²) in [5.74, 6) is 0.657. The fourth-order valence-electron chi connectivity index (χ4n) is 2.12. The van der Waals surface area contributed by atoms with Crippen molar-refractivity contribution in [3.63, 3.8) is 0 Å². The Morgan fingerprint density at radius 3 is 2.61 bits per heavy atom. The second kappa shape index (κ2) is 8.24. The van der Waals surface area contributed by atoms with Gasteiger partial charge in [-0.1, -0.05) is 0 Å². The summed E-state index contributed by atoms with van der Waals surface area (Å²) in [6, 6.07) is 0.0146. The molecule has 1 fully saturated rings. The van der Waals surface area contributed by atoms with E-state index in [4.69, 9.17) is 5.11 Å². The molecule has 0 radical (unpaired) electrons. The number of urea groups is 1. The van der Waals surface area contributed by atoms with Crippen molar-refractivity contribution in [2.45, 2.75) is 25.7 Å². The highest BCUT2D eigenvalue weighted by Gasteiger charge is 2.22. The molecule has 1 saturated heterocycles. The highest BCUT2D eigenvalue weighted by atomic mass is 32.2. The van der Waals surface area contributed by atoms with Crippen LogP contribution in [0.2, 0.25) is 0 Å². The number of carboxylic acids is 1. The Morgan fingerprint density at radius 2 is 2.06 bits per heavy atom. The minimum absolute atomic E-state index is 0.0146. The van der Waals surface area contributed by atoms with Gasteiger partial charge >= 0.3 is 12.0 Å². The number of carbonyl (C=O) groups excluding carboxylic acids is 1. The SMILES string of the molecule is CSCCNC(=O)N1CCC(CCC(=O)O)CC1. The summed E-state index contributed by atoms with van der Waals surface area (Å²) in [4.78, 5) is 24.1. The fourth-order valence-corrected chi connectivity index (χ4v) is 2.43. The number of carboxylic acid groups (broad SMARTS) is 1. The van der Waals surface area contributed by atoms with Crippen molar-refractivity contribution in [2.24, 2.45) is 5.92 Å². The molecule has 0 aromatic heterocycles. The van der Waals surface area contributed by atoms with Gasteiger partial charge in [0.25, 0.3) is 0 Å². The molecule has 0 aromatic carbocycles. The van der Waals surface area contributed by atoms with E-state index in [0.29, 0.717) is 12.5 Å². The van der Waals surface area contributed by atoms with Crippen molar-refractivity contribution in [3.8, 4) is 0 Å². The maximum atomic E-state index is 11.8. The highest BCUT2D eigenvalue weighted by Crippen LogP contribution is 2.21. The molecule has 0 spiro atoms. The lowest BCUT2D eigenvalue weighted by Crippen LogP contribution is -2.45. The third kappa shape index (κ3) is 5.62. The van der Waals surface area contributed by atoms with Crippen LogP contribution in [-0.4, -0.2) is 53.6 Å². The number of hydrogen-bond acceptors (Lipinski definition) is 3. The van der Waals surface area contributed by atoms with Crippen LogP contribution >= 0.6 is 11.8 Å². The van der Waals surface area contributed by atoms with Gasteiger partial charge in [0, 0.05) is 31.8 Å². The topological polar surface area (TPSA) is 69.6 Å². The zero-order valence-corrected chi connectivity index (χ0v) is 11.7. The van der Waals surface area contributed by atoms with Gasteiger partial charge in [-0.15, -0.1) is 0 Å². The number of nitrogens with one attached hydrogen (secondary N) is 1. The van der Waals surface area contributed by atoms with E-state index in [1.807, 2.05) is 11.2 Å². The molecule has 6 heteroatoms. The van der Waals surface area contributed by atoms with Crippen LogP contribution < -0.4 is 5.32 Å². The summed E-state index contributed by atoms with van der Waals surface area (Å²) in [6.07, 6.45) is 4.83. The lowest BCUT2D eigenvalue weighted by molar-refractivity contribution is -0.137. The van der Waals surface area contributed by atoms with Gasteiger partial charge in [0.2, 0.25) is 0 Å². The molecule has 0 saturated carbocycles. The molecule has 2 amide bonds. The fraction of sp³-hybridized carbons (Fsp3) is 0.833. The molecule has 0 aliphatic carbocycles. The maximum absolute atomic E-state index is 11.8. The zero-order valence-electron chi connectivity index (χ0n) is 10.9. The normalized spacial score (nSPS) is 16.6. The molecule has 5 nitrogen and oxygen atoms in total. The molecule has 1 aliphatic rings. The molecule has 0 atom stereocenters. The van der Waals surface area contributed by atoms with E-state index in [1.165, 1.54) is 0 Å². The van der Waals surface area contributed by atoms with Gasteiger partial charge in [-0.05, 0) is 31.4 Å². The standard InChI is InChI=1S/C12H22N2O3S/c1-18-9-6-13-12(17)14-7-4-10(5-8-14)2-3-11(15)16/h10H,2-9H2,1H3,(H,13,17)(H,15,16). The Labute approximate surface area is 112 Å². The van der Waals surface area contributed by atoms with Gasteiger partial charge in [-0.2, -0.15) is 11.8 Å². The number of rotatable bonds is 6. The average Bonchev–Trinajstić information content (AvgIpc) is 2.37. The van der Waals surface area contributed by atoms with Gasteiger partial charge in [-0.3, -0.25) is 4.79 Å². The van der Waals surface area contributed by atoms with Crippen molar-refractivity contribution in [3.05, 3.63) is 0 Å². The van der Waals surface area contributed by atoms with Crippen LogP contribution in [-0.2, 0) is 4.79 Å². The van der Waals surface area contributed by atoms with Crippen LogP contribution in [0.15, 0.2) is 0 Å². The number of likely N-dealkylation sites (tertiary alicyclic amines) is 1. The molecule has 104 valence electrons. The van der Waals surface area contributed by atoms with Crippen molar-refractivity contribution < 1.29 is 14.7 Å². The maximum Gasteiger partial charge on any atom is 0.317 e. The number of hydrogen-bond donors (Lipinski definition) is 2. The number of thioether (sulfide) groups is 1. The third-order valence-corrected chi connectivity index (χ3v) is 3.86. The molecule has 18 heavy (non-hydrogen) atoms. The minimum Gasteiger partial charge on any atom is -0.481 e. The highest BCUT2D eigenvalue weighted by molar-refractivity contribution is 7.98. The minimum atomic E-state index is -0.729. The molecule has 2 N–H and O–H groups in total. The predicted octanol–water partition coefficient (Wildman–Crippen LogP) is 1.64. The van der Waals surface area contributed by atoms with E-state index >= 15 is 0 Å². The third-order valence-electron chi connectivity index (χ3n) is 3.25. The van der Waals surface area contributed by atoms with E-state index in [-0.39, 0.29) is 12.5 Å². The van der Waals surface area contributed by atoms with Gasteiger partial charge in [0.15, 0.2) is 0 Å². The monoisotopic (exact) mass is 274 g/mol. The first kappa shape index (κ1) is 15.1. The first-order valence-electron chi connectivity index (χ1n) is 6.37. The summed E-state index contributed by atoms with van der Waals surface area (Å²) in [6.45, 7) is 2.20. The first-order valence-corrected chi connectivity index (χ1v) is 7.76. The Morgan fingerprint density at radius 1 is 1.39 bits per heavy atom. The lowest BCUT2D eigenvalue weighted by Gasteiger charge is -2.31. The molecule has 1 rings (SSSR count). The first-order chi connectivity index (χ1) is 8.63. The predicted molar refractivity (Wildman–Crippen MR) is 72.9 cm³/mol. The van der Waals surface area contributed by atoms with Crippen LogP contribution in [0.1, 0.15) is 25.7 Å². The molecule has 0 aromatic rings. The molecule has 0 unspecified atom stereocenters. The van der Waals surface area contributed by atoms with Gasteiger partial charge in [-0.25, -0.2) is 4.79 Å². The summed E-state index contributed by atoms with van der Waals surface area (Å²) < 4.78 is 0. The summed E-state index contributed by atoms with van der Waals surface area (Å²) in [7, 11) is 0. The number of nitrogens with zero attached hydrogens (tertiary/aromatic N) is 1. The van der Waals surface area contributed by atoms with Gasteiger partial charge in [0.05, 0.1) is 0 Å². The van der Waals surface area contributed by atoms with Crippen LogP contribution in [0.3, 0.4) is 0 Å². The van der Waals surface area contributed by atoms with Crippen LogP contribution in [0, 0.1) is 5.92 Å². The van der Waals surface area contributed by atoms with Crippen molar-refractivity contribution in [2.75, 3.05) is 31.6 Å². The summed E-state index contributed by atoms with van der Waals surface area (Å²) in [5.41, 5.74) is 0. The molecule has 1 aliphatic heterocycles. The molecular weight excluding hydrogens is 252 g/mol. The Balaban J connectivity index is 2.17. The largest absolute Gasteiger partial charge is 0.481 e. The van der Waals surface area contributed by atoms with Crippen molar-refractivity contribution in [1.82, 2.24) is 10.2 Å². The van der Waals surface area contributed by atoms with E-state index in [2.05, 4.69) is 5.32 Å². The molecule has 1 heterocycles. The lowest BCUT2D eigenvalue weighted by atomic mass is 9.92. The second-order valence-electron chi connectivity index (χ2n) is 4.59. The Hall–Kier alpha value is -0.910. The Bertz CT molecular complexity index is 278. The number of amides is 2. The van der Waals surface area contributed by atoms with Crippen molar-refractivity contribution in [1.29, 1.82) is 0 Å². The van der Waals surface area contributed by atoms with Crippen LogP contribution in [0.4, 0.5) is 4.79 Å². The van der Waals surface area contributed by atoms with E-state index in [0.717, 1.165) is 38.1 Å². The molecular formula is C12H22N2O3S. The zero-order chi connectivity index (χ0) is 13.4. The van der Waals surface area contributed by atoms with Crippen molar-refractivity contribution >= 4 is 23.8 Å². The van der Waals surface area contributed by atoms with Crippen LogP contribution in [0.5, 0.6) is 0 Å². The molecule has 0 bridgehead atoms. The number of piperidine rings is 1. The van der Waals surface area contributed by atoms with Gasteiger partial charge < -0.3 is 15.3 Å². The number of carbonyl (C=O) groups is 2. The Kier molecular flexibility index (Phi) is 6.93. The quantitative estimate of drug-likeness (QED) is 0.722. The summed E-state index contributed by atoms with van der Waals surface area (Å²) >= 11 is 1.71. The van der Waals surface area contributed by atoms with E-state index in [1.54, 1.807) is 11.8 Å². The van der Waals surface area contributed by atoms with E-state index in [9.17, 15) is 9.59 Å². The average molecular weight is 274 g/mol. The number of aliphatic carboxylic acids is 1.